The van der Waals surface area contributed by atoms with Crippen molar-refractivity contribution < 1.29 is 18.3 Å². The molecule has 1 rings (SSSR count). The number of halogens is 2. The van der Waals surface area contributed by atoms with Crippen LogP contribution in [0.1, 0.15) is 17.3 Å². The Balaban J connectivity index is 2.80. The van der Waals surface area contributed by atoms with Crippen molar-refractivity contribution in [3.05, 3.63) is 35.4 Å². The van der Waals surface area contributed by atoms with Gasteiger partial charge in [-0.3, -0.25) is 4.79 Å². The molecule has 5 heteroatoms. The minimum absolute atomic E-state index is 0.280. The fourth-order valence-electron chi connectivity index (χ4n) is 1.30. The van der Waals surface area contributed by atoms with Gasteiger partial charge in [-0.15, -0.1) is 0 Å². The highest BCUT2D eigenvalue weighted by Gasteiger charge is 2.18. The van der Waals surface area contributed by atoms with Gasteiger partial charge in [-0.2, -0.15) is 0 Å². The number of rotatable bonds is 4. The maximum Gasteiger partial charge on any atom is 0.257 e. The molecule has 0 aliphatic rings. The van der Waals surface area contributed by atoms with Gasteiger partial charge in [0.15, 0.2) is 0 Å². The van der Waals surface area contributed by atoms with Gasteiger partial charge in [0.1, 0.15) is 17.2 Å². The summed E-state index contributed by atoms with van der Waals surface area (Å²) in [7, 11) is 1.48. The lowest BCUT2D eigenvalue weighted by Gasteiger charge is -2.13. The highest BCUT2D eigenvalue weighted by atomic mass is 19.1. The van der Waals surface area contributed by atoms with Crippen LogP contribution in [0.25, 0.3) is 0 Å². The smallest absolute Gasteiger partial charge is 0.257 e. The third kappa shape index (κ3) is 3.00. The molecule has 1 N–H and O–H groups in total. The summed E-state index contributed by atoms with van der Waals surface area (Å²) in [6.07, 6.45) is 0. The Kier molecular flexibility index (Phi) is 4.37. The van der Waals surface area contributed by atoms with Crippen molar-refractivity contribution >= 4 is 5.91 Å². The number of carbonyl (C=O) groups is 1. The second-order valence-corrected chi connectivity index (χ2v) is 3.43. The number of carbonyl (C=O) groups excluding carboxylic acids is 1. The van der Waals surface area contributed by atoms with E-state index in [1.807, 2.05) is 0 Å². The second kappa shape index (κ2) is 5.55. The number of hydrogen-bond acceptors (Lipinski definition) is 2. The lowest BCUT2D eigenvalue weighted by Crippen LogP contribution is -2.36. The molecule has 0 bridgehead atoms. The molecule has 1 atom stereocenters. The van der Waals surface area contributed by atoms with Gasteiger partial charge in [-0.25, -0.2) is 8.78 Å². The molecule has 0 fully saturated rings. The zero-order valence-corrected chi connectivity index (χ0v) is 9.09. The molecular formula is C11H13F2NO2. The van der Waals surface area contributed by atoms with Crippen LogP contribution < -0.4 is 5.32 Å². The summed E-state index contributed by atoms with van der Waals surface area (Å²) >= 11 is 0. The predicted molar refractivity (Wildman–Crippen MR) is 55.2 cm³/mol. The molecule has 0 aliphatic heterocycles. The molecule has 1 amide bonds. The summed E-state index contributed by atoms with van der Waals surface area (Å²) in [6.45, 7) is 1.96. The largest absolute Gasteiger partial charge is 0.383 e. The first-order valence-electron chi connectivity index (χ1n) is 4.80. The molecule has 0 heterocycles. The average Bonchev–Trinajstić information content (AvgIpc) is 2.17. The van der Waals surface area contributed by atoms with Crippen LogP contribution in [0.4, 0.5) is 8.78 Å². The maximum atomic E-state index is 13.2. The molecule has 0 radical (unpaired) electrons. The highest BCUT2D eigenvalue weighted by Crippen LogP contribution is 2.11. The topological polar surface area (TPSA) is 38.3 Å². The van der Waals surface area contributed by atoms with Gasteiger partial charge in [-0.05, 0) is 19.1 Å². The van der Waals surface area contributed by atoms with Gasteiger partial charge < -0.3 is 10.1 Å². The molecule has 0 aliphatic carbocycles. The number of ether oxygens (including phenoxy) is 1. The van der Waals surface area contributed by atoms with Crippen molar-refractivity contribution in [2.45, 2.75) is 13.0 Å². The Labute approximate surface area is 92.4 Å². The van der Waals surface area contributed by atoms with Crippen LogP contribution in [0.2, 0.25) is 0 Å². The fraction of sp³-hybridized carbons (Fsp3) is 0.364. The number of hydrogen-bond donors (Lipinski definition) is 1. The lowest BCUT2D eigenvalue weighted by molar-refractivity contribution is 0.0897. The minimum atomic E-state index is -0.873. The summed E-state index contributed by atoms with van der Waals surface area (Å²) in [4.78, 5) is 11.5. The minimum Gasteiger partial charge on any atom is -0.383 e. The molecule has 3 nitrogen and oxygen atoms in total. The van der Waals surface area contributed by atoms with Crippen molar-refractivity contribution in [2.24, 2.45) is 0 Å². The first kappa shape index (κ1) is 12.6. The van der Waals surface area contributed by atoms with Gasteiger partial charge in [0.2, 0.25) is 0 Å². The summed E-state index contributed by atoms with van der Waals surface area (Å²) in [5, 5.41) is 2.43. The molecule has 0 saturated heterocycles. The first-order chi connectivity index (χ1) is 7.56. The Bertz CT molecular complexity index is 362. The molecule has 1 aromatic carbocycles. The van der Waals surface area contributed by atoms with E-state index in [0.29, 0.717) is 0 Å². The molecule has 1 aromatic rings. The van der Waals surface area contributed by atoms with E-state index in [0.717, 1.165) is 12.1 Å². The summed E-state index contributed by atoms with van der Waals surface area (Å²) in [5.74, 6) is -2.52. The lowest BCUT2D eigenvalue weighted by atomic mass is 10.1. The zero-order valence-electron chi connectivity index (χ0n) is 9.09. The maximum absolute atomic E-state index is 13.2. The molecule has 16 heavy (non-hydrogen) atoms. The van der Waals surface area contributed by atoms with Gasteiger partial charge in [-0.1, -0.05) is 6.07 Å². The third-order valence-electron chi connectivity index (χ3n) is 1.98. The van der Waals surface area contributed by atoms with Gasteiger partial charge in [0.05, 0.1) is 6.61 Å². The van der Waals surface area contributed by atoms with Gasteiger partial charge >= 0.3 is 0 Å². The average molecular weight is 229 g/mol. The van der Waals surface area contributed by atoms with Crippen molar-refractivity contribution in [3.8, 4) is 0 Å². The molecule has 0 aromatic heterocycles. The van der Waals surface area contributed by atoms with Gasteiger partial charge in [0.25, 0.3) is 5.91 Å². The molecule has 0 saturated carbocycles. The second-order valence-electron chi connectivity index (χ2n) is 3.43. The Morgan fingerprint density at radius 1 is 1.44 bits per heavy atom. The van der Waals surface area contributed by atoms with Crippen molar-refractivity contribution in [2.75, 3.05) is 13.7 Å². The van der Waals surface area contributed by atoms with Crippen LogP contribution in [0, 0.1) is 11.6 Å². The summed E-state index contributed by atoms with van der Waals surface area (Å²) < 4.78 is 31.2. The predicted octanol–water partition coefficient (Wildman–Crippen LogP) is 1.73. The number of nitrogens with one attached hydrogen (secondary N) is 1. The van der Waals surface area contributed by atoms with E-state index in [-0.39, 0.29) is 12.6 Å². The first-order valence-corrected chi connectivity index (χ1v) is 4.80. The molecule has 0 spiro atoms. The van der Waals surface area contributed by atoms with E-state index < -0.39 is 23.1 Å². The normalized spacial score (nSPS) is 12.2. The monoisotopic (exact) mass is 229 g/mol. The van der Waals surface area contributed by atoms with Crippen LogP contribution >= 0.6 is 0 Å². The van der Waals surface area contributed by atoms with Crippen LogP contribution in [-0.2, 0) is 4.74 Å². The van der Waals surface area contributed by atoms with Crippen LogP contribution in [0.15, 0.2) is 18.2 Å². The number of amides is 1. The standard InChI is InChI=1S/C11H13F2NO2/c1-7(6-16-2)14-11(15)10-8(12)4-3-5-9(10)13/h3-5,7H,6H2,1-2H3,(H,14,15)/t7-/m0/s1. The van der Waals surface area contributed by atoms with E-state index in [4.69, 9.17) is 4.74 Å². The van der Waals surface area contributed by atoms with E-state index in [1.54, 1.807) is 6.92 Å². The molecule has 88 valence electrons. The molecular weight excluding hydrogens is 216 g/mol. The van der Waals surface area contributed by atoms with Crippen LogP contribution in [0.5, 0.6) is 0 Å². The quantitative estimate of drug-likeness (QED) is 0.853. The summed E-state index contributed by atoms with van der Waals surface area (Å²) in [6, 6.07) is 2.98. The van der Waals surface area contributed by atoms with Gasteiger partial charge in [0, 0.05) is 13.2 Å². The van der Waals surface area contributed by atoms with Crippen molar-refractivity contribution in [3.63, 3.8) is 0 Å². The molecule has 0 unspecified atom stereocenters. The Hall–Kier alpha value is -1.49. The van der Waals surface area contributed by atoms with Crippen molar-refractivity contribution in [1.29, 1.82) is 0 Å². The fourth-order valence-corrected chi connectivity index (χ4v) is 1.30. The van der Waals surface area contributed by atoms with E-state index in [2.05, 4.69) is 5.32 Å². The Morgan fingerprint density at radius 2 is 2.00 bits per heavy atom. The highest BCUT2D eigenvalue weighted by molar-refractivity contribution is 5.94. The number of benzene rings is 1. The van der Waals surface area contributed by atoms with E-state index >= 15 is 0 Å². The van der Waals surface area contributed by atoms with Crippen molar-refractivity contribution in [1.82, 2.24) is 5.32 Å². The Morgan fingerprint density at radius 3 is 2.50 bits per heavy atom. The summed E-state index contributed by atoms with van der Waals surface area (Å²) in [5.41, 5.74) is -0.564. The SMILES string of the molecule is COC[C@H](C)NC(=O)c1c(F)cccc1F. The van der Waals surface area contributed by atoms with E-state index in [9.17, 15) is 13.6 Å². The third-order valence-corrected chi connectivity index (χ3v) is 1.98. The zero-order chi connectivity index (χ0) is 12.1. The van der Waals surface area contributed by atoms with Crippen LogP contribution in [-0.4, -0.2) is 25.7 Å². The van der Waals surface area contributed by atoms with E-state index in [1.165, 1.54) is 13.2 Å². The van der Waals surface area contributed by atoms with Crippen LogP contribution in [0.3, 0.4) is 0 Å². The number of methoxy groups -OCH3 is 1.